The lowest BCUT2D eigenvalue weighted by Crippen LogP contribution is -2.36. The van der Waals surface area contributed by atoms with Crippen LogP contribution >= 0.6 is 11.6 Å². The molecule has 0 saturated heterocycles. The number of rotatable bonds is 8. The summed E-state index contributed by atoms with van der Waals surface area (Å²) in [6, 6.07) is 24.0. The van der Waals surface area contributed by atoms with Crippen LogP contribution < -0.4 is 0 Å². The van der Waals surface area contributed by atoms with E-state index in [1.807, 2.05) is 59.5 Å². The van der Waals surface area contributed by atoms with Crippen molar-refractivity contribution in [1.82, 2.24) is 9.47 Å². The van der Waals surface area contributed by atoms with Gasteiger partial charge in [0.1, 0.15) is 5.38 Å². The van der Waals surface area contributed by atoms with Crippen molar-refractivity contribution in [1.29, 1.82) is 0 Å². The molecule has 3 rings (SSSR count). The van der Waals surface area contributed by atoms with Crippen LogP contribution in [0.2, 0.25) is 0 Å². The molecule has 0 radical (unpaired) electrons. The van der Waals surface area contributed by atoms with E-state index in [-0.39, 0.29) is 5.91 Å². The average molecular weight is 395 g/mol. The minimum Gasteiger partial charge on any atom is -0.345 e. The number of alkyl halides is 1. The topological polar surface area (TPSA) is 25.2 Å². The molecule has 0 aliphatic carbocycles. The molecule has 0 fully saturated rings. The number of hydrogen-bond acceptors (Lipinski definition) is 1. The van der Waals surface area contributed by atoms with Crippen LogP contribution in [0.3, 0.4) is 0 Å². The van der Waals surface area contributed by atoms with E-state index in [1.54, 1.807) is 0 Å². The highest BCUT2D eigenvalue weighted by Crippen LogP contribution is 2.24. The second-order valence-corrected chi connectivity index (χ2v) is 7.94. The first kappa shape index (κ1) is 20.2. The summed E-state index contributed by atoms with van der Waals surface area (Å²) >= 11 is 6.55. The zero-order valence-electron chi connectivity index (χ0n) is 16.5. The highest BCUT2D eigenvalue weighted by Gasteiger charge is 2.25. The van der Waals surface area contributed by atoms with Crippen LogP contribution in [0.25, 0.3) is 0 Å². The summed E-state index contributed by atoms with van der Waals surface area (Å²) in [5.41, 5.74) is 3.18. The summed E-state index contributed by atoms with van der Waals surface area (Å²) in [6.45, 7) is 6.25. The van der Waals surface area contributed by atoms with E-state index >= 15 is 0 Å². The van der Waals surface area contributed by atoms with Gasteiger partial charge in [-0.2, -0.15) is 0 Å². The van der Waals surface area contributed by atoms with Gasteiger partial charge in [-0.3, -0.25) is 4.79 Å². The van der Waals surface area contributed by atoms with Crippen LogP contribution in [0, 0.1) is 5.92 Å². The van der Waals surface area contributed by atoms with Crippen LogP contribution in [0.15, 0.2) is 79.0 Å². The van der Waals surface area contributed by atoms with Crippen molar-refractivity contribution in [3.8, 4) is 0 Å². The molecule has 4 heteroatoms. The first-order valence-corrected chi connectivity index (χ1v) is 10.1. The lowest BCUT2D eigenvalue weighted by Gasteiger charge is -2.27. The van der Waals surface area contributed by atoms with Crippen molar-refractivity contribution >= 4 is 17.5 Å². The van der Waals surface area contributed by atoms with Gasteiger partial charge in [-0.1, -0.05) is 74.5 Å². The minimum atomic E-state index is -0.669. The summed E-state index contributed by atoms with van der Waals surface area (Å²) in [6.07, 6.45) is 2.07. The SMILES string of the molecule is CC(C)CN(Cc1cccn1Cc1ccccc1)C(=O)[C@@H](Cl)c1ccccc1. The molecule has 0 unspecified atom stereocenters. The summed E-state index contributed by atoms with van der Waals surface area (Å²) in [4.78, 5) is 15.0. The Kier molecular flexibility index (Phi) is 6.94. The largest absolute Gasteiger partial charge is 0.345 e. The van der Waals surface area contributed by atoms with Crippen molar-refractivity contribution in [2.45, 2.75) is 32.3 Å². The molecule has 1 amide bonds. The third-order valence-corrected chi connectivity index (χ3v) is 5.12. The Morgan fingerprint density at radius 2 is 1.61 bits per heavy atom. The Morgan fingerprint density at radius 3 is 2.25 bits per heavy atom. The maximum Gasteiger partial charge on any atom is 0.245 e. The van der Waals surface area contributed by atoms with Gasteiger partial charge < -0.3 is 9.47 Å². The molecule has 0 spiro atoms. The highest BCUT2D eigenvalue weighted by molar-refractivity contribution is 6.30. The number of carbonyl (C=O) groups excluding carboxylic acids is 1. The molecule has 0 aliphatic rings. The molecule has 3 aromatic rings. The molecule has 0 bridgehead atoms. The molecule has 1 atom stereocenters. The summed E-state index contributed by atoms with van der Waals surface area (Å²) in [5.74, 6) is 0.315. The number of carbonyl (C=O) groups is 1. The van der Waals surface area contributed by atoms with Crippen molar-refractivity contribution < 1.29 is 4.79 Å². The molecular weight excluding hydrogens is 368 g/mol. The standard InChI is InChI=1S/C24H27ClN2O/c1-19(2)16-27(24(28)23(25)21-12-7-4-8-13-21)18-22-14-9-15-26(22)17-20-10-5-3-6-11-20/h3-15,19,23H,16-18H2,1-2H3/t23-/m0/s1. The van der Waals surface area contributed by atoms with Crippen molar-refractivity contribution in [3.63, 3.8) is 0 Å². The van der Waals surface area contributed by atoms with Crippen LogP contribution in [-0.4, -0.2) is 21.9 Å². The number of hydrogen-bond donors (Lipinski definition) is 0. The quantitative estimate of drug-likeness (QED) is 0.463. The van der Waals surface area contributed by atoms with E-state index in [2.05, 4.69) is 42.8 Å². The molecule has 0 saturated carbocycles. The molecular formula is C24H27ClN2O. The minimum absolute atomic E-state index is 0.0472. The van der Waals surface area contributed by atoms with Crippen molar-refractivity contribution in [2.24, 2.45) is 5.92 Å². The van der Waals surface area contributed by atoms with E-state index in [4.69, 9.17) is 11.6 Å². The molecule has 1 heterocycles. The number of halogens is 1. The Balaban J connectivity index is 1.78. The van der Waals surface area contributed by atoms with E-state index in [0.717, 1.165) is 17.8 Å². The van der Waals surface area contributed by atoms with Gasteiger partial charge in [0.2, 0.25) is 5.91 Å². The van der Waals surface area contributed by atoms with Crippen LogP contribution in [0.5, 0.6) is 0 Å². The fourth-order valence-electron chi connectivity index (χ4n) is 3.32. The summed E-state index contributed by atoms with van der Waals surface area (Å²) in [5, 5.41) is -0.669. The van der Waals surface area contributed by atoms with Crippen molar-refractivity contribution in [3.05, 3.63) is 95.8 Å². The monoisotopic (exact) mass is 394 g/mol. The van der Waals surface area contributed by atoms with Crippen LogP contribution in [0.1, 0.15) is 36.0 Å². The van der Waals surface area contributed by atoms with Gasteiger partial charge in [-0.05, 0) is 29.2 Å². The van der Waals surface area contributed by atoms with Crippen LogP contribution in [-0.2, 0) is 17.9 Å². The Bertz CT molecular complexity index is 874. The number of amides is 1. The summed E-state index contributed by atoms with van der Waals surface area (Å²) < 4.78 is 2.20. The normalized spacial score (nSPS) is 12.1. The van der Waals surface area contributed by atoms with Gasteiger partial charge in [-0.25, -0.2) is 0 Å². The predicted molar refractivity (Wildman–Crippen MR) is 115 cm³/mol. The first-order valence-electron chi connectivity index (χ1n) is 9.70. The van der Waals surface area contributed by atoms with E-state index in [1.165, 1.54) is 5.56 Å². The number of nitrogens with zero attached hydrogens (tertiary/aromatic N) is 2. The molecule has 0 aliphatic heterocycles. The second kappa shape index (κ2) is 9.61. The smallest absolute Gasteiger partial charge is 0.245 e. The lowest BCUT2D eigenvalue weighted by atomic mass is 10.1. The van der Waals surface area contributed by atoms with Gasteiger partial charge >= 0.3 is 0 Å². The van der Waals surface area contributed by atoms with Crippen LogP contribution in [0.4, 0.5) is 0 Å². The zero-order valence-corrected chi connectivity index (χ0v) is 17.2. The Morgan fingerprint density at radius 1 is 0.964 bits per heavy atom. The fourth-order valence-corrected chi connectivity index (χ4v) is 3.60. The fraction of sp³-hybridized carbons (Fsp3) is 0.292. The first-order chi connectivity index (χ1) is 13.5. The maximum absolute atomic E-state index is 13.2. The molecule has 0 N–H and O–H groups in total. The third-order valence-electron chi connectivity index (χ3n) is 4.68. The van der Waals surface area contributed by atoms with Gasteiger partial charge in [0.15, 0.2) is 0 Å². The molecule has 28 heavy (non-hydrogen) atoms. The van der Waals surface area contributed by atoms with E-state index in [9.17, 15) is 4.79 Å². The van der Waals surface area contributed by atoms with E-state index in [0.29, 0.717) is 19.0 Å². The third kappa shape index (κ3) is 5.26. The maximum atomic E-state index is 13.2. The molecule has 3 nitrogen and oxygen atoms in total. The highest BCUT2D eigenvalue weighted by atomic mass is 35.5. The van der Waals surface area contributed by atoms with Gasteiger partial charge in [0.05, 0.1) is 6.54 Å². The zero-order chi connectivity index (χ0) is 19.9. The van der Waals surface area contributed by atoms with Gasteiger partial charge in [0.25, 0.3) is 0 Å². The molecule has 146 valence electrons. The molecule has 1 aromatic heterocycles. The Hall–Kier alpha value is -2.52. The van der Waals surface area contributed by atoms with Crippen molar-refractivity contribution in [2.75, 3.05) is 6.54 Å². The number of aromatic nitrogens is 1. The lowest BCUT2D eigenvalue weighted by molar-refractivity contribution is -0.132. The second-order valence-electron chi connectivity index (χ2n) is 7.50. The average Bonchev–Trinajstić information content (AvgIpc) is 3.14. The Labute approximate surface area is 172 Å². The number of benzene rings is 2. The van der Waals surface area contributed by atoms with Gasteiger partial charge in [0, 0.05) is 25.0 Å². The summed E-state index contributed by atoms with van der Waals surface area (Å²) in [7, 11) is 0. The van der Waals surface area contributed by atoms with Gasteiger partial charge in [-0.15, -0.1) is 11.6 Å². The van der Waals surface area contributed by atoms with E-state index < -0.39 is 5.38 Å². The predicted octanol–water partition coefficient (Wildman–Crippen LogP) is 5.50. The molecule has 2 aromatic carbocycles.